The van der Waals surface area contributed by atoms with Crippen molar-refractivity contribution >= 4 is 11.9 Å². The van der Waals surface area contributed by atoms with Gasteiger partial charge in [-0.1, -0.05) is 6.92 Å². The van der Waals surface area contributed by atoms with E-state index >= 15 is 0 Å². The SMILES string of the molecule is CCCN1CCC(NC(=NCC(=O)N2CCCCC2)NCC)CC1. The quantitative estimate of drug-likeness (QED) is 0.569. The number of aliphatic imine (C=N–C) groups is 1. The predicted molar refractivity (Wildman–Crippen MR) is 99.3 cm³/mol. The molecule has 0 spiro atoms. The van der Waals surface area contributed by atoms with Gasteiger partial charge in [0.05, 0.1) is 0 Å². The number of nitrogens with one attached hydrogen (secondary N) is 2. The molecule has 0 atom stereocenters. The van der Waals surface area contributed by atoms with Gasteiger partial charge in [0, 0.05) is 38.8 Å². The molecular weight excluding hydrogens is 302 g/mol. The van der Waals surface area contributed by atoms with Crippen LogP contribution >= 0.6 is 0 Å². The average Bonchev–Trinajstić information content (AvgIpc) is 2.62. The Bertz CT molecular complexity index is 398. The molecule has 2 aliphatic rings. The van der Waals surface area contributed by atoms with Gasteiger partial charge in [-0.3, -0.25) is 4.79 Å². The third-order valence-corrected chi connectivity index (χ3v) is 4.89. The highest BCUT2D eigenvalue weighted by molar-refractivity contribution is 5.85. The smallest absolute Gasteiger partial charge is 0.244 e. The van der Waals surface area contributed by atoms with Crippen molar-refractivity contribution in [2.45, 2.75) is 58.4 Å². The molecule has 138 valence electrons. The zero-order valence-electron chi connectivity index (χ0n) is 15.5. The van der Waals surface area contributed by atoms with Crippen LogP contribution in [-0.2, 0) is 4.79 Å². The molecule has 24 heavy (non-hydrogen) atoms. The van der Waals surface area contributed by atoms with Gasteiger partial charge in [0.15, 0.2) is 5.96 Å². The summed E-state index contributed by atoms with van der Waals surface area (Å²) < 4.78 is 0. The minimum absolute atomic E-state index is 0.157. The van der Waals surface area contributed by atoms with Crippen LogP contribution < -0.4 is 10.6 Å². The number of likely N-dealkylation sites (tertiary alicyclic amines) is 2. The Kier molecular flexibility index (Phi) is 8.36. The second kappa shape index (κ2) is 10.5. The molecule has 0 bridgehead atoms. The maximum atomic E-state index is 12.3. The van der Waals surface area contributed by atoms with Crippen LogP contribution in [0.1, 0.15) is 52.4 Å². The van der Waals surface area contributed by atoms with Gasteiger partial charge >= 0.3 is 0 Å². The maximum Gasteiger partial charge on any atom is 0.244 e. The summed E-state index contributed by atoms with van der Waals surface area (Å²) in [5.41, 5.74) is 0. The van der Waals surface area contributed by atoms with E-state index in [1.807, 2.05) is 4.90 Å². The van der Waals surface area contributed by atoms with Crippen LogP contribution in [0, 0.1) is 0 Å². The van der Waals surface area contributed by atoms with E-state index in [9.17, 15) is 4.79 Å². The van der Waals surface area contributed by atoms with Gasteiger partial charge in [-0.15, -0.1) is 0 Å². The van der Waals surface area contributed by atoms with Gasteiger partial charge in [0.25, 0.3) is 0 Å². The van der Waals surface area contributed by atoms with Gasteiger partial charge in [0.1, 0.15) is 6.54 Å². The summed E-state index contributed by atoms with van der Waals surface area (Å²) in [5, 5.41) is 6.80. The second-order valence-electron chi connectivity index (χ2n) is 6.90. The van der Waals surface area contributed by atoms with Crippen molar-refractivity contribution in [3.63, 3.8) is 0 Å². The number of carbonyl (C=O) groups is 1. The molecule has 2 fully saturated rings. The Morgan fingerprint density at radius 2 is 1.79 bits per heavy atom. The summed E-state index contributed by atoms with van der Waals surface area (Å²) in [7, 11) is 0. The van der Waals surface area contributed by atoms with Crippen molar-refractivity contribution < 1.29 is 4.79 Å². The van der Waals surface area contributed by atoms with Crippen LogP contribution in [0.25, 0.3) is 0 Å². The Balaban J connectivity index is 1.79. The van der Waals surface area contributed by atoms with Crippen LogP contribution in [0.2, 0.25) is 0 Å². The van der Waals surface area contributed by atoms with Gasteiger partial charge in [-0.25, -0.2) is 4.99 Å². The third-order valence-electron chi connectivity index (χ3n) is 4.89. The summed E-state index contributed by atoms with van der Waals surface area (Å²) in [6.07, 6.45) is 7.01. The number of hydrogen-bond acceptors (Lipinski definition) is 3. The molecule has 0 aromatic heterocycles. The average molecular weight is 338 g/mol. The van der Waals surface area contributed by atoms with Crippen LogP contribution in [0.5, 0.6) is 0 Å². The van der Waals surface area contributed by atoms with Crippen LogP contribution in [-0.4, -0.2) is 73.5 Å². The van der Waals surface area contributed by atoms with Crippen LogP contribution in [0.3, 0.4) is 0 Å². The van der Waals surface area contributed by atoms with E-state index < -0.39 is 0 Å². The molecule has 0 aromatic carbocycles. The summed E-state index contributed by atoms with van der Waals surface area (Å²) in [6, 6.07) is 0.459. The normalized spacial score (nSPS) is 20.9. The first-order valence-electron chi connectivity index (χ1n) is 9.78. The number of amides is 1. The van der Waals surface area contributed by atoms with E-state index in [2.05, 4.69) is 34.4 Å². The fourth-order valence-electron chi connectivity index (χ4n) is 3.52. The molecule has 0 aromatic rings. The zero-order chi connectivity index (χ0) is 17.2. The van der Waals surface area contributed by atoms with Crippen LogP contribution in [0.4, 0.5) is 0 Å². The predicted octanol–water partition coefficient (Wildman–Crippen LogP) is 1.43. The molecule has 2 heterocycles. The molecule has 2 aliphatic heterocycles. The van der Waals surface area contributed by atoms with E-state index in [-0.39, 0.29) is 12.5 Å². The second-order valence-corrected chi connectivity index (χ2v) is 6.90. The highest BCUT2D eigenvalue weighted by Gasteiger charge is 2.20. The molecule has 2 N–H and O–H groups in total. The Labute approximate surface area is 147 Å². The first-order chi connectivity index (χ1) is 11.7. The minimum Gasteiger partial charge on any atom is -0.357 e. The van der Waals surface area contributed by atoms with Crippen molar-refractivity contribution in [1.82, 2.24) is 20.4 Å². The van der Waals surface area contributed by atoms with Crippen molar-refractivity contribution in [3.8, 4) is 0 Å². The molecule has 0 unspecified atom stereocenters. The van der Waals surface area contributed by atoms with E-state index in [1.165, 1.54) is 19.4 Å². The van der Waals surface area contributed by atoms with Gasteiger partial charge < -0.3 is 20.4 Å². The van der Waals surface area contributed by atoms with Crippen LogP contribution in [0.15, 0.2) is 4.99 Å². The van der Waals surface area contributed by atoms with Crippen molar-refractivity contribution in [3.05, 3.63) is 0 Å². The summed E-state index contributed by atoms with van der Waals surface area (Å²) in [5.74, 6) is 0.946. The molecule has 0 aliphatic carbocycles. The Hall–Kier alpha value is -1.30. The third kappa shape index (κ3) is 6.30. The molecule has 2 saturated heterocycles. The monoisotopic (exact) mass is 337 g/mol. The summed E-state index contributed by atoms with van der Waals surface area (Å²) >= 11 is 0. The lowest BCUT2D eigenvalue weighted by molar-refractivity contribution is -0.130. The van der Waals surface area contributed by atoms with E-state index in [0.29, 0.717) is 6.04 Å². The highest BCUT2D eigenvalue weighted by Crippen LogP contribution is 2.11. The molecule has 0 radical (unpaired) electrons. The standard InChI is InChI=1S/C18H35N5O/c1-3-10-22-13-8-16(9-14-22)21-18(19-4-2)20-15-17(24)23-11-6-5-7-12-23/h16H,3-15H2,1-2H3,(H2,19,20,21). The van der Waals surface area contributed by atoms with Gasteiger partial charge in [0.2, 0.25) is 5.91 Å². The number of nitrogens with zero attached hydrogens (tertiary/aromatic N) is 3. The maximum absolute atomic E-state index is 12.3. The molecule has 6 heteroatoms. The largest absolute Gasteiger partial charge is 0.357 e. The van der Waals surface area contributed by atoms with Crippen molar-refractivity contribution in [1.29, 1.82) is 0 Å². The summed E-state index contributed by atoms with van der Waals surface area (Å²) in [6.45, 7) is 10.7. The zero-order valence-corrected chi connectivity index (χ0v) is 15.5. The molecule has 6 nitrogen and oxygen atoms in total. The van der Waals surface area contributed by atoms with E-state index in [4.69, 9.17) is 0 Å². The number of carbonyl (C=O) groups excluding carboxylic acids is 1. The number of hydrogen-bond donors (Lipinski definition) is 2. The Morgan fingerprint density at radius 3 is 2.42 bits per heavy atom. The molecule has 0 saturated carbocycles. The molecular formula is C18H35N5O. The molecule has 2 rings (SSSR count). The first-order valence-corrected chi connectivity index (χ1v) is 9.78. The number of rotatable bonds is 6. The van der Waals surface area contributed by atoms with E-state index in [0.717, 1.165) is 64.4 Å². The minimum atomic E-state index is 0.157. The lowest BCUT2D eigenvalue weighted by atomic mass is 10.1. The van der Waals surface area contributed by atoms with Gasteiger partial charge in [-0.05, 0) is 52.0 Å². The molecule has 1 amide bonds. The highest BCUT2D eigenvalue weighted by atomic mass is 16.2. The first kappa shape index (κ1) is 19.0. The Morgan fingerprint density at radius 1 is 1.08 bits per heavy atom. The topological polar surface area (TPSA) is 60.0 Å². The number of guanidine groups is 1. The van der Waals surface area contributed by atoms with Crippen molar-refractivity contribution in [2.75, 3.05) is 45.8 Å². The fourth-order valence-corrected chi connectivity index (χ4v) is 3.52. The number of piperidine rings is 2. The fraction of sp³-hybridized carbons (Fsp3) is 0.889. The lowest BCUT2D eigenvalue weighted by Crippen LogP contribution is -2.49. The van der Waals surface area contributed by atoms with Crippen molar-refractivity contribution in [2.24, 2.45) is 4.99 Å². The summed E-state index contributed by atoms with van der Waals surface area (Å²) in [4.78, 5) is 21.3. The lowest BCUT2D eigenvalue weighted by Gasteiger charge is -2.33. The van der Waals surface area contributed by atoms with E-state index in [1.54, 1.807) is 0 Å². The van der Waals surface area contributed by atoms with Gasteiger partial charge in [-0.2, -0.15) is 0 Å².